The Balaban J connectivity index is 1.77. The lowest BCUT2D eigenvalue weighted by Gasteiger charge is -2.22. The molecule has 0 aromatic carbocycles. The number of hydrogen-bond donors (Lipinski definition) is 1. The van der Waals surface area contributed by atoms with Crippen molar-refractivity contribution >= 4 is 6.09 Å². The van der Waals surface area contributed by atoms with E-state index in [1.165, 1.54) is 0 Å². The average molecular weight is 209 g/mol. The second-order valence-electron chi connectivity index (χ2n) is 3.20. The van der Waals surface area contributed by atoms with E-state index in [-0.39, 0.29) is 12.0 Å². The molecule has 0 spiro atoms. The molecule has 2 rings (SSSR count). The summed E-state index contributed by atoms with van der Waals surface area (Å²) in [6, 6.07) is 0. The van der Waals surface area contributed by atoms with Gasteiger partial charge < -0.3 is 14.8 Å². The Morgan fingerprint density at radius 2 is 2.53 bits per heavy atom. The van der Waals surface area contributed by atoms with Gasteiger partial charge in [0.05, 0.1) is 12.8 Å². The molecule has 1 amide bonds. The number of alkyl carbamates (subject to hydrolysis) is 1. The van der Waals surface area contributed by atoms with Crippen LogP contribution in [-0.2, 0) is 4.74 Å². The SMILES string of the molecule is O=C1NCC(COc2cnccn2)CO1. The maximum Gasteiger partial charge on any atom is 0.407 e. The molecule has 0 saturated carbocycles. The van der Waals surface area contributed by atoms with E-state index >= 15 is 0 Å². The topological polar surface area (TPSA) is 73.3 Å². The summed E-state index contributed by atoms with van der Waals surface area (Å²) in [5.74, 6) is 0.638. The summed E-state index contributed by atoms with van der Waals surface area (Å²) >= 11 is 0. The molecule has 6 heteroatoms. The normalized spacial score (nSPS) is 20.3. The Morgan fingerprint density at radius 1 is 1.60 bits per heavy atom. The van der Waals surface area contributed by atoms with Gasteiger partial charge in [-0.15, -0.1) is 0 Å². The molecule has 1 fully saturated rings. The number of carbonyl (C=O) groups excluding carboxylic acids is 1. The third-order valence-electron chi connectivity index (χ3n) is 1.99. The van der Waals surface area contributed by atoms with Gasteiger partial charge in [-0.3, -0.25) is 4.98 Å². The molecule has 1 atom stereocenters. The maximum atomic E-state index is 10.7. The van der Waals surface area contributed by atoms with Crippen molar-refractivity contribution in [3.05, 3.63) is 18.6 Å². The van der Waals surface area contributed by atoms with Gasteiger partial charge in [0.15, 0.2) is 0 Å². The van der Waals surface area contributed by atoms with Crippen LogP contribution in [0.2, 0.25) is 0 Å². The molecule has 0 bridgehead atoms. The van der Waals surface area contributed by atoms with Gasteiger partial charge >= 0.3 is 6.09 Å². The summed E-state index contributed by atoms with van der Waals surface area (Å²) < 4.78 is 10.2. The van der Waals surface area contributed by atoms with Crippen LogP contribution in [0.4, 0.5) is 4.79 Å². The Morgan fingerprint density at radius 3 is 3.20 bits per heavy atom. The zero-order valence-electron chi connectivity index (χ0n) is 8.05. The first-order valence-corrected chi connectivity index (χ1v) is 4.64. The fourth-order valence-electron chi connectivity index (χ4n) is 1.20. The predicted octanol–water partition coefficient (Wildman–Crippen LogP) is 0.211. The van der Waals surface area contributed by atoms with Crippen molar-refractivity contribution in [3.63, 3.8) is 0 Å². The van der Waals surface area contributed by atoms with Crippen molar-refractivity contribution in [2.45, 2.75) is 0 Å². The zero-order valence-corrected chi connectivity index (χ0v) is 8.05. The number of ether oxygens (including phenoxy) is 2. The minimum Gasteiger partial charge on any atom is -0.476 e. The van der Waals surface area contributed by atoms with E-state index < -0.39 is 0 Å². The van der Waals surface area contributed by atoms with Crippen LogP contribution in [0.3, 0.4) is 0 Å². The molecule has 2 heterocycles. The maximum absolute atomic E-state index is 10.7. The van der Waals surface area contributed by atoms with Crippen molar-refractivity contribution in [2.75, 3.05) is 19.8 Å². The smallest absolute Gasteiger partial charge is 0.407 e. The number of cyclic esters (lactones) is 1. The van der Waals surface area contributed by atoms with Crippen LogP contribution in [0.15, 0.2) is 18.6 Å². The Bertz CT molecular complexity index is 321. The molecule has 1 aromatic heterocycles. The molecule has 1 saturated heterocycles. The molecule has 1 aromatic rings. The highest BCUT2D eigenvalue weighted by Crippen LogP contribution is 2.07. The van der Waals surface area contributed by atoms with Crippen LogP contribution in [0.25, 0.3) is 0 Å². The molecule has 0 radical (unpaired) electrons. The van der Waals surface area contributed by atoms with Crippen molar-refractivity contribution < 1.29 is 14.3 Å². The van der Waals surface area contributed by atoms with E-state index in [1.807, 2.05) is 0 Å². The van der Waals surface area contributed by atoms with E-state index in [9.17, 15) is 4.79 Å². The summed E-state index contributed by atoms with van der Waals surface area (Å²) in [5, 5.41) is 2.59. The van der Waals surface area contributed by atoms with Gasteiger partial charge in [-0.2, -0.15) is 0 Å². The fraction of sp³-hybridized carbons (Fsp3) is 0.444. The second-order valence-corrected chi connectivity index (χ2v) is 3.20. The van der Waals surface area contributed by atoms with Gasteiger partial charge in [-0.25, -0.2) is 9.78 Å². The number of aromatic nitrogens is 2. The van der Waals surface area contributed by atoms with Crippen LogP contribution in [0.1, 0.15) is 0 Å². The number of amides is 1. The molecule has 15 heavy (non-hydrogen) atoms. The molecular formula is C9H11N3O3. The summed E-state index contributed by atoms with van der Waals surface area (Å²) in [6.07, 6.45) is 4.32. The van der Waals surface area contributed by atoms with Crippen LogP contribution in [0, 0.1) is 5.92 Å². The number of nitrogens with zero attached hydrogens (tertiary/aromatic N) is 2. The summed E-state index contributed by atoms with van der Waals surface area (Å²) in [7, 11) is 0. The minimum absolute atomic E-state index is 0.157. The Kier molecular flexibility index (Phi) is 2.96. The Hall–Kier alpha value is -1.85. The van der Waals surface area contributed by atoms with Crippen molar-refractivity contribution in [3.8, 4) is 5.88 Å². The highest BCUT2D eigenvalue weighted by atomic mass is 16.6. The lowest BCUT2D eigenvalue weighted by atomic mass is 10.1. The first-order chi connectivity index (χ1) is 7.34. The van der Waals surface area contributed by atoms with Crippen LogP contribution < -0.4 is 10.1 Å². The third kappa shape index (κ3) is 2.80. The highest BCUT2D eigenvalue weighted by Gasteiger charge is 2.19. The van der Waals surface area contributed by atoms with Gasteiger partial charge in [-0.05, 0) is 0 Å². The highest BCUT2D eigenvalue weighted by molar-refractivity contribution is 5.67. The van der Waals surface area contributed by atoms with E-state index in [0.29, 0.717) is 25.6 Å². The minimum atomic E-state index is -0.370. The van der Waals surface area contributed by atoms with E-state index in [4.69, 9.17) is 9.47 Å². The second kappa shape index (κ2) is 4.59. The van der Waals surface area contributed by atoms with Gasteiger partial charge in [-0.1, -0.05) is 0 Å². The van der Waals surface area contributed by atoms with Gasteiger partial charge in [0.1, 0.15) is 6.61 Å². The first kappa shape index (κ1) is 9.70. The molecular weight excluding hydrogens is 198 g/mol. The van der Waals surface area contributed by atoms with Crippen molar-refractivity contribution in [1.82, 2.24) is 15.3 Å². The lowest BCUT2D eigenvalue weighted by molar-refractivity contribution is 0.0827. The molecule has 1 aliphatic heterocycles. The third-order valence-corrected chi connectivity index (χ3v) is 1.99. The molecule has 1 N–H and O–H groups in total. The molecule has 1 unspecified atom stereocenters. The molecule has 0 aliphatic carbocycles. The summed E-state index contributed by atoms with van der Waals surface area (Å²) in [6.45, 7) is 1.41. The van der Waals surface area contributed by atoms with E-state index in [2.05, 4.69) is 15.3 Å². The monoisotopic (exact) mass is 209 g/mol. The van der Waals surface area contributed by atoms with E-state index in [1.54, 1.807) is 18.6 Å². The quantitative estimate of drug-likeness (QED) is 0.770. The average Bonchev–Trinajstić information content (AvgIpc) is 2.30. The predicted molar refractivity (Wildman–Crippen MR) is 50.4 cm³/mol. The lowest BCUT2D eigenvalue weighted by Crippen LogP contribution is -2.41. The first-order valence-electron chi connectivity index (χ1n) is 4.64. The number of hydrogen-bond acceptors (Lipinski definition) is 5. The largest absolute Gasteiger partial charge is 0.476 e. The zero-order chi connectivity index (χ0) is 10.5. The van der Waals surface area contributed by atoms with Gasteiger partial charge in [0.25, 0.3) is 0 Å². The van der Waals surface area contributed by atoms with Crippen LogP contribution >= 0.6 is 0 Å². The molecule has 80 valence electrons. The molecule has 1 aliphatic rings. The van der Waals surface area contributed by atoms with Gasteiger partial charge in [0, 0.05) is 24.9 Å². The number of rotatable bonds is 3. The fourth-order valence-corrected chi connectivity index (χ4v) is 1.20. The number of nitrogens with one attached hydrogen (secondary N) is 1. The summed E-state index contributed by atoms with van der Waals surface area (Å²) in [5.41, 5.74) is 0. The Labute approximate surface area is 86.6 Å². The van der Waals surface area contributed by atoms with Crippen molar-refractivity contribution in [2.24, 2.45) is 5.92 Å². The van der Waals surface area contributed by atoms with Gasteiger partial charge in [0.2, 0.25) is 5.88 Å². The number of carbonyl (C=O) groups is 1. The van der Waals surface area contributed by atoms with Crippen LogP contribution in [0.5, 0.6) is 5.88 Å². The van der Waals surface area contributed by atoms with E-state index in [0.717, 1.165) is 0 Å². The van der Waals surface area contributed by atoms with Crippen LogP contribution in [-0.4, -0.2) is 35.8 Å². The van der Waals surface area contributed by atoms with Crippen molar-refractivity contribution in [1.29, 1.82) is 0 Å². The summed E-state index contributed by atoms with van der Waals surface area (Å²) in [4.78, 5) is 18.5. The molecule has 6 nitrogen and oxygen atoms in total. The standard InChI is InChI=1S/C9H11N3O3/c13-9-12-3-7(6-15-9)5-14-8-4-10-1-2-11-8/h1-2,4,7H,3,5-6H2,(H,12,13).